The van der Waals surface area contributed by atoms with Crippen LogP contribution in [0.15, 0.2) is 18.2 Å². The highest BCUT2D eigenvalue weighted by Crippen LogP contribution is 2.41. The molecule has 1 aromatic heterocycles. The monoisotopic (exact) mass is 377 g/mol. The van der Waals surface area contributed by atoms with E-state index in [1.165, 1.54) is 7.11 Å². The van der Waals surface area contributed by atoms with Crippen LogP contribution in [0.3, 0.4) is 0 Å². The first-order chi connectivity index (χ1) is 12.5. The fourth-order valence-corrected chi connectivity index (χ4v) is 3.84. The molecule has 1 saturated carbocycles. The Kier molecular flexibility index (Phi) is 5.58. The van der Waals surface area contributed by atoms with E-state index in [2.05, 4.69) is 15.5 Å². The highest BCUT2D eigenvalue weighted by Gasteiger charge is 2.44. The number of likely N-dealkylation sites (N-methyl/N-ethyl adjacent to an activating group) is 1. The van der Waals surface area contributed by atoms with Gasteiger partial charge >= 0.3 is 0 Å². The molecule has 1 aliphatic carbocycles. The lowest BCUT2D eigenvalue weighted by Gasteiger charge is -2.43. The first-order valence-electron chi connectivity index (χ1n) is 8.80. The van der Waals surface area contributed by atoms with Crippen LogP contribution in [0.25, 0.3) is 5.69 Å². The number of amides is 1. The van der Waals surface area contributed by atoms with Crippen molar-refractivity contribution in [1.29, 1.82) is 0 Å². The lowest BCUT2D eigenvalue weighted by Crippen LogP contribution is -2.51. The number of ether oxygens (including phenoxy) is 1. The fourth-order valence-electron chi connectivity index (χ4n) is 3.67. The maximum atomic E-state index is 12.6. The second-order valence-corrected chi connectivity index (χ2v) is 7.23. The normalized spacial score (nSPS) is 16.5. The number of halogens is 1. The summed E-state index contributed by atoms with van der Waals surface area (Å²) in [7, 11) is 3.34. The van der Waals surface area contributed by atoms with Crippen LogP contribution < -0.4 is 0 Å². The SMILES string of the molecule is COCC(=O)N(C)C1(c2nnnn2-c2ccc(C)c(Cl)c2)CCCCC1. The van der Waals surface area contributed by atoms with E-state index in [4.69, 9.17) is 16.3 Å². The molecule has 3 rings (SSSR count). The maximum Gasteiger partial charge on any atom is 0.249 e. The number of benzene rings is 1. The Balaban J connectivity index is 2.07. The van der Waals surface area contributed by atoms with Crippen LogP contribution in [0.1, 0.15) is 43.5 Å². The van der Waals surface area contributed by atoms with Crippen molar-refractivity contribution < 1.29 is 9.53 Å². The molecule has 140 valence electrons. The van der Waals surface area contributed by atoms with Crippen molar-refractivity contribution in [2.75, 3.05) is 20.8 Å². The number of nitrogens with zero attached hydrogens (tertiary/aromatic N) is 5. The molecule has 1 heterocycles. The third kappa shape index (κ3) is 3.33. The number of aromatic nitrogens is 4. The molecule has 7 nitrogen and oxygen atoms in total. The van der Waals surface area contributed by atoms with Crippen LogP contribution >= 0.6 is 11.6 Å². The Morgan fingerprint density at radius 3 is 2.73 bits per heavy atom. The van der Waals surface area contributed by atoms with Crippen molar-refractivity contribution in [3.8, 4) is 5.69 Å². The van der Waals surface area contributed by atoms with E-state index >= 15 is 0 Å². The Bertz CT molecular complexity index is 786. The van der Waals surface area contributed by atoms with E-state index in [-0.39, 0.29) is 12.5 Å². The topological polar surface area (TPSA) is 73.1 Å². The largest absolute Gasteiger partial charge is 0.375 e. The van der Waals surface area contributed by atoms with Gasteiger partial charge in [-0.2, -0.15) is 4.68 Å². The highest BCUT2D eigenvalue weighted by molar-refractivity contribution is 6.31. The molecule has 0 bridgehead atoms. The van der Waals surface area contributed by atoms with Crippen LogP contribution in [-0.2, 0) is 15.1 Å². The zero-order valence-corrected chi connectivity index (χ0v) is 16.2. The molecule has 0 atom stereocenters. The summed E-state index contributed by atoms with van der Waals surface area (Å²) in [5, 5.41) is 13.1. The van der Waals surface area contributed by atoms with E-state index in [1.54, 1.807) is 9.58 Å². The van der Waals surface area contributed by atoms with Crippen LogP contribution in [-0.4, -0.2) is 51.8 Å². The van der Waals surface area contributed by atoms with Crippen molar-refractivity contribution in [1.82, 2.24) is 25.1 Å². The molecule has 1 amide bonds. The van der Waals surface area contributed by atoms with Gasteiger partial charge in [0.2, 0.25) is 5.91 Å². The number of aryl methyl sites for hydroxylation is 1. The minimum atomic E-state index is -0.547. The van der Waals surface area contributed by atoms with Crippen molar-refractivity contribution in [2.24, 2.45) is 0 Å². The van der Waals surface area contributed by atoms with Crippen molar-refractivity contribution in [2.45, 2.75) is 44.6 Å². The van der Waals surface area contributed by atoms with Crippen molar-refractivity contribution in [3.05, 3.63) is 34.6 Å². The van der Waals surface area contributed by atoms with Crippen LogP contribution in [0.4, 0.5) is 0 Å². The van der Waals surface area contributed by atoms with Gasteiger partial charge in [-0.15, -0.1) is 5.10 Å². The minimum absolute atomic E-state index is 0.0379. The number of hydrogen-bond donors (Lipinski definition) is 0. The number of tetrazole rings is 1. The number of carbonyl (C=O) groups is 1. The Morgan fingerprint density at radius 2 is 2.08 bits per heavy atom. The molecular weight excluding hydrogens is 354 g/mol. The Labute approximate surface area is 158 Å². The lowest BCUT2D eigenvalue weighted by molar-refractivity contribution is -0.142. The van der Waals surface area contributed by atoms with E-state index in [1.807, 2.05) is 32.2 Å². The summed E-state index contributed by atoms with van der Waals surface area (Å²) in [6.45, 7) is 1.99. The second kappa shape index (κ2) is 7.72. The molecule has 2 aromatic rings. The molecular formula is C18H24ClN5O2. The van der Waals surface area contributed by atoms with Crippen molar-refractivity contribution >= 4 is 17.5 Å². The second-order valence-electron chi connectivity index (χ2n) is 6.83. The van der Waals surface area contributed by atoms with E-state index < -0.39 is 5.54 Å². The number of rotatable bonds is 5. The smallest absolute Gasteiger partial charge is 0.249 e. The third-order valence-electron chi connectivity index (χ3n) is 5.25. The summed E-state index contributed by atoms with van der Waals surface area (Å²) in [4.78, 5) is 14.3. The summed E-state index contributed by atoms with van der Waals surface area (Å²) in [5.41, 5.74) is 1.23. The Morgan fingerprint density at radius 1 is 1.35 bits per heavy atom. The molecule has 0 saturated heterocycles. The van der Waals surface area contributed by atoms with Gasteiger partial charge in [0.15, 0.2) is 5.82 Å². The number of carbonyl (C=O) groups excluding carboxylic acids is 1. The standard InChI is InChI=1S/C18H24ClN5O2/c1-13-7-8-14(11-15(13)19)24-17(20-21-22-24)18(9-5-4-6-10-18)23(2)16(25)12-26-3/h7-8,11H,4-6,9-10,12H2,1-3H3. The molecule has 1 aliphatic rings. The van der Waals surface area contributed by atoms with Gasteiger partial charge < -0.3 is 9.64 Å². The number of hydrogen-bond acceptors (Lipinski definition) is 5. The first-order valence-corrected chi connectivity index (χ1v) is 9.18. The predicted molar refractivity (Wildman–Crippen MR) is 98.3 cm³/mol. The Hall–Kier alpha value is -1.99. The van der Waals surface area contributed by atoms with Crippen LogP contribution in [0.5, 0.6) is 0 Å². The van der Waals surface area contributed by atoms with Crippen LogP contribution in [0, 0.1) is 6.92 Å². The molecule has 0 unspecified atom stereocenters. The summed E-state index contributed by atoms with van der Waals surface area (Å²) in [6.07, 6.45) is 4.82. The highest BCUT2D eigenvalue weighted by atomic mass is 35.5. The maximum absolute atomic E-state index is 12.6. The summed E-state index contributed by atoms with van der Waals surface area (Å²) >= 11 is 6.29. The third-order valence-corrected chi connectivity index (χ3v) is 5.66. The molecule has 0 N–H and O–H groups in total. The molecule has 0 spiro atoms. The fraction of sp³-hybridized carbons (Fsp3) is 0.556. The van der Waals surface area contributed by atoms with E-state index in [0.717, 1.165) is 43.4 Å². The van der Waals surface area contributed by atoms with Gasteiger partial charge in [0.1, 0.15) is 12.1 Å². The molecule has 1 aromatic carbocycles. The van der Waals surface area contributed by atoms with Gasteiger partial charge in [-0.1, -0.05) is 36.9 Å². The molecule has 26 heavy (non-hydrogen) atoms. The summed E-state index contributed by atoms with van der Waals surface area (Å²) in [6, 6.07) is 5.73. The van der Waals surface area contributed by atoms with Gasteiger partial charge in [0.25, 0.3) is 0 Å². The lowest BCUT2D eigenvalue weighted by atomic mass is 9.79. The quantitative estimate of drug-likeness (QED) is 0.801. The summed E-state index contributed by atoms with van der Waals surface area (Å²) in [5.74, 6) is 0.593. The molecule has 1 fully saturated rings. The van der Waals surface area contributed by atoms with E-state index in [9.17, 15) is 4.79 Å². The van der Waals surface area contributed by atoms with Gasteiger partial charge in [-0.25, -0.2) is 0 Å². The van der Waals surface area contributed by atoms with Gasteiger partial charge in [-0.05, 0) is 47.9 Å². The van der Waals surface area contributed by atoms with Crippen molar-refractivity contribution in [3.63, 3.8) is 0 Å². The average molecular weight is 378 g/mol. The summed E-state index contributed by atoms with van der Waals surface area (Å²) < 4.78 is 6.76. The number of methoxy groups -OCH3 is 1. The zero-order chi connectivity index (χ0) is 18.7. The van der Waals surface area contributed by atoms with Gasteiger partial charge in [0.05, 0.1) is 5.69 Å². The van der Waals surface area contributed by atoms with E-state index in [0.29, 0.717) is 10.8 Å². The first kappa shape index (κ1) is 18.8. The average Bonchev–Trinajstić information content (AvgIpc) is 3.14. The molecule has 0 radical (unpaired) electrons. The molecule has 8 heteroatoms. The predicted octanol–water partition coefficient (Wildman–Crippen LogP) is 2.89. The van der Waals surface area contributed by atoms with Gasteiger partial charge in [0, 0.05) is 19.2 Å². The van der Waals surface area contributed by atoms with Crippen LogP contribution in [0.2, 0.25) is 5.02 Å². The van der Waals surface area contributed by atoms with Gasteiger partial charge in [-0.3, -0.25) is 4.79 Å². The zero-order valence-electron chi connectivity index (χ0n) is 15.4. The minimum Gasteiger partial charge on any atom is -0.375 e. The molecule has 0 aliphatic heterocycles.